The molecule has 0 unspecified atom stereocenters. The summed E-state index contributed by atoms with van der Waals surface area (Å²) in [6, 6.07) is 6.50. The van der Waals surface area contributed by atoms with Gasteiger partial charge >= 0.3 is 5.97 Å². The highest BCUT2D eigenvalue weighted by molar-refractivity contribution is 7.91. The SMILES string of the molecule is CCS(=O)(=O)c1ccc(CCC(=O)N(C)CCC(=O)O)cc1. The normalized spacial score (nSPS) is 11.2. The first kappa shape index (κ1) is 18.2. The van der Waals surface area contributed by atoms with E-state index in [0.29, 0.717) is 6.42 Å². The van der Waals surface area contributed by atoms with Crippen molar-refractivity contribution >= 4 is 21.7 Å². The molecule has 0 aromatic heterocycles. The molecule has 1 N–H and O–H groups in total. The van der Waals surface area contributed by atoms with Crippen molar-refractivity contribution < 1.29 is 23.1 Å². The van der Waals surface area contributed by atoms with Gasteiger partial charge in [-0.1, -0.05) is 19.1 Å². The van der Waals surface area contributed by atoms with Crippen LogP contribution in [0.5, 0.6) is 0 Å². The number of nitrogens with zero attached hydrogens (tertiary/aromatic N) is 1. The summed E-state index contributed by atoms with van der Waals surface area (Å²) in [5, 5.41) is 8.58. The van der Waals surface area contributed by atoms with Crippen molar-refractivity contribution in [2.24, 2.45) is 0 Å². The number of carboxylic acids is 1. The van der Waals surface area contributed by atoms with Crippen LogP contribution in [0.4, 0.5) is 0 Å². The lowest BCUT2D eigenvalue weighted by molar-refractivity contribution is -0.138. The Balaban J connectivity index is 2.55. The van der Waals surface area contributed by atoms with E-state index in [1.54, 1.807) is 38.2 Å². The summed E-state index contributed by atoms with van der Waals surface area (Å²) in [6.07, 6.45) is 0.671. The predicted molar refractivity (Wildman–Crippen MR) is 82.4 cm³/mol. The molecule has 1 aromatic rings. The lowest BCUT2D eigenvalue weighted by Gasteiger charge is -2.15. The number of benzene rings is 1. The topological polar surface area (TPSA) is 91.8 Å². The first-order chi connectivity index (χ1) is 10.3. The van der Waals surface area contributed by atoms with Crippen LogP contribution in [0.1, 0.15) is 25.3 Å². The van der Waals surface area contributed by atoms with E-state index in [4.69, 9.17) is 5.11 Å². The molecule has 0 heterocycles. The molecule has 0 aliphatic carbocycles. The van der Waals surface area contributed by atoms with Gasteiger partial charge in [0.1, 0.15) is 0 Å². The Bertz CT molecular complexity index is 622. The van der Waals surface area contributed by atoms with Crippen molar-refractivity contribution in [2.75, 3.05) is 19.3 Å². The number of aryl methyl sites for hydroxylation is 1. The third-order valence-electron chi connectivity index (χ3n) is 3.38. The van der Waals surface area contributed by atoms with Crippen LogP contribution in [0.2, 0.25) is 0 Å². The molecule has 0 spiro atoms. The zero-order valence-corrected chi connectivity index (χ0v) is 13.6. The Morgan fingerprint density at radius 1 is 1.14 bits per heavy atom. The van der Waals surface area contributed by atoms with Gasteiger partial charge in [-0.3, -0.25) is 9.59 Å². The van der Waals surface area contributed by atoms with Gasteiger partial charge in [0.2, 0.25) is 5.91 Å². The van der Waals surface area contributed by atoms with Crippen molar-refractivity contribution in [3.05, 3.63) is 29.8 Å². The molecule has 0 saturated carbocycles. The highest BCUT2D eigenvalue weighted by Crippen LogP contribution is 2.13. The Hall–Kier alpha value is -1.89. The molecule has 0 atom stereocenters. The fourth-order valence-corrected chi connectivity index (χ4v) is 2.74. The zero-order valence-electron chi connectivity index (χ0n) is 12.8. The molecular weight excluding hydrogens is 306 g/mol. The number of carboxylic acid groups (broad SMARTS) is 1. The van der Waals surface area contributed by atoms with Crippen LogP contribution in [0.15, 0.2) is 29.2 Å². The second-order valence-electron chi connectivity index (χ2n) is 5.01. The number of sulfone groups is 1. The Morgan fingerprint density at radius 3 is 2.23 bits per heavy atom. The largest absolute Gasteiger partial charge is 0.481 e. The number of aliphatic carboxylic acids is 1. The second-order valence-corrected chi connectivity index (χ2v) is 7.28. The van der Waals surface area contributed by atoms with E-state index in [2.05, 4.69) is 0 Å². The van der Waals surface area contributed by atoms with Gasteiger partial charge in [0, 0.05) is 20.0 Å². The van der Waals surface area contributed by atoms with Gasteiger partial charge < -0.3 is 10.0 Å². The fourth-order valence-electron chi connectivity index (χ4n) is 1.86. The van der Waals surface area contributed by atoms with Gasteiger partial charge in [-0.15, -0.1) is 0 Å². The summed E-state index contributed by atoms with van der Waals surface area (Å²) in [7, 11) is -1.63. The van der Waals surface area contributed by atoms with Gasteiger partial charge in [-0.2, -0.15) is 0 Å². The van der Waals surface area contributed by atoms with Crippen LogP contribution in [0.3, 0.4) is 0 Å². The minimum atomic E-state index is -3.21. The highest BCUT2D eigenvalue weighted by atomic mass is 32.2. The summed E-state index contributed by atoms with van der Waals surface area (Å²) in [4.78, 5) is 24.0. The monoisotopic (exact) mass is 327 g/mol. The quantitative estimate of drug-likeness (QED) is 0.778. The average molecular weight is 327 g/mol. The fraction of sp³-hybridized carbons (Fsp3) is 0.467. The van der Waals surface area contributed by atoms with Crippen LogP contribution < -0.4 is 0 Å². The standard InChI is InChI=1S/C15H21NO5S/c1-3-22(20,21)13-7-4-12(5-8-13)6-9-14(17)16(2)11-10-15(18)19/h4-5,7-8H,3,6,9-11H2,1-2H3,(H,18,19). The van der Waals surface area contributed by atoms with Gasteiger partial charge in [0.05, 0.1) is 17.1 Å². The molecular formula is C15H21NO5S. The van der Waals surface area contributed by atoms with E-state index < -0.39 is 15.8 Å². The first-order valence-electron chi connectivity index (χ1n) is 7.03. The van der Waals surface area contributed by atoms with E-state index in [0.717, 1.165) is 5.56 Å². The maximum atomic E-state index is 11.8. The third kappa shape index (κ3) is 5.48. The minimum absolute atomic E-state index is 0.0548. The van der Waals surface area contributed by atoms with E-state index in [9.17, 15) is 18.0 Å². The maximum absolute atomic E-state index is 11.8. The average Bonchev–Trinajstić information content (AvgIpc) is 2.50. The minimum Gasteiger partial charge on any atom is -0.481 e. The molecule has 22 heavy (non-hydrogen) atoms. The summed E-state index contributed by atoms with van der Waals surface area (Å²) in [5.41, 5.74) is 0.870. The Labute approximate surface area is 130 Å². The molecule has 0 fully saturated rings. The summed E-state index contributed by atoms with van der Waals surface area (Å²) in [5.74, 6) is -1.02. The molecule has 7 heteroatoms. The van der Waals surface area contributed by atoms with Gasteiger partial charge in [0.15, 0.2) is 9.84 Å². The number of carbonyl (C=O) groups is 2. The van der Waals surface area contributed by atoms with Crippen LogP contribution in [0.25, 0.3) is 0 Å². The first-order valence-corrected chi connectivity index (χ1v) is 8.69. The summed E-state index contributed by atoms with van der Waals surface area (Å²) < 4.78 is 23.4. The molecule has 0 aliphatic rings. The Kier molecular flexibility index (Phi) is 6.55. The van der Waals surface area contributed by atoms with E-state index in [1.165, 1.54) is 4.90 Å². The van der Waals surface area contributed by atoms with Crippen molar-refractivity contribution in [3.8, 4) is 0 Å². The zero-order chi connectivity index (χ0) is 16.8. The predicted octanol–water partition coefficient (Wildman–Crippen LogP) is 1.35. The third-order valence-corrected chi connectivity index (χ3v) is 5.13. The number of carbonyl (C=O) groups excluding carboxylic acids is 1. The Morgan fingerprint density at radius 2 is 1.73 bits per heavy atom. The van der Waals surface area contributed by atoms with Crippen LogP contribution >= 0.6 is 0 Å². The van der Waals surface area contributed by atoms with Crippen LogP contribution in [0, 0.1) is 0 Å². The molecule has 6 nitrogen and oxygen atoms in total. The van der Waals surface area contributed by atoms with Crippen molar-refractivity contribution in [1.29, 1.82) is 0 Å². The smallest absolute Gasteiger partial charge is 0.305 e. The second kappa shape index (κ2) is 7.93. The summed E-state index contributed by atoms with van der Waals surface area (Å²) in [6.45, 7) is 1.77. The number of rotatable bonds is 8. The molecule has 0 bridgehead atoms. The lowest BCUT2D eigenvalue weighted by Crippen LogP contribution is -2.29. The van der Waals surface area contributed by atoms with Crippen molar-refractivity contribution in [3.63, 3.8) is 0 Å². The molecule has 122 valence electrons. The molecule has 0 saturated heterocycles. The van der Waals surface area contributed by atoms with Crippen molar-refractivity contribution in [1.82, 2.24) is 4.90 Å². The van der Waals surface area contributed by atoms with E-state index in [-0.39, 0.29) is 35.9 Å². The molecule has 1 rings (SSSR count). The number of hydrogen-bond donors (Lipinski definition) is 1. The van der Waals surface area contributed by atoms with Gasteiger partial charge in [-0.25, -0.2) is 8.42 Å². The van der Waals surface area contributed by atoms with Gasteiger partial charge in [-0.05, 0) is 24.1 Å². The van der Waals surface area contributed by atoms with Gasteiger partial charge in [0.25, 0.3) is 0 Å². The lowest BCUT2D eigenvalue weighted by atomic mass is 10.1. The number of hydrogen-bond acceptors (Lipinski definition) is 4. The van der Waals surface area contributed by atoms with E-state index in [1.807, 2.05) is 0 Å². The van der Waals surface area contributed by atoms with E-state index >= 15 is 0 Å². The van der Waals surface area contributed by atoms with Crippen LogP contribution in [-0.2, 0) is 25.8 Å². The molecule has 1 aromatic carbocycles. The van der Waals surface area contributed by atoms with Crippen molar-refractivity contribution in [2.45, 2.75) is 31.1 Å². The maximum Gasteiger partial charge on any atom is 0.305 e. The highest BCUT2D eigenvalue weighted by Gasteiger charge is 2.12. The molecule has 1 amide bonds. The number of amides is 1. The summed E-state index contributed by atoms with van der Waals surface area (Å²) >= 11 is 0. The molecule has 0 aliphatic heterocycles. The van der Waals surface area contributed by atoms with Crippen LogP contribution in [-0.4, -0.2) is 49.6 Å². The molecule has 0 radical (unpaired) electrons.